The molecule has 2 rings (SSSR count). The third-order valence-electron chi connectivity index (χ3n) is 4.50. The molecule has 0 saturated heterocycles. The quantitative estimate of drug-likeness (QED) is 0.265. The molecular weight excluding hydrogens is 551 g/mol. The molecule has 38 heavy (non-hydrogen) atoms. The number of ether oxygens (including phenoxy) is 3. The molecule has 0 bridgehead atoms. The first-order chi connectivity index (χ1) is 17.6. The summed E-state index contributed by atoms with van der Waals surface area (Å²) in [6.07, 6.45) is -3.02. The Balaban J connectivity index is 2.30. The summed E-state index contributed by atoms with van der Waals surface area (Å²) in [5, 5.41) is -0.391. The molecular formula is C24H29ClF3N3O6S. The highest BCUT2D eigenvalue weighted by Crippen LogP contribution is 2.37. The van der Waals surface area contributed by atoms with E-state index in [0.29, 0.717) is 18.0 Å². The van der Waals surface area contributed by atoms with E-state index in [9.17, 15) is 26.4 Å². The van der Waals surface area contributed by atoms with Crippen LogP contribution in [0.15, 0.2) is 36.0 Å². The second-order valence-corrected chi connectivity index (χ2v) is 10.5. The van der Waals surface area contributed by atoms with E-state index >= 15 is 0 Å². The van der Waals surface area contributed by atoms with Gasteiger partial charge in [-0.05, 0) is 58.9 Å². The SMILES string of the molecule is C/C(=C\c1ccc(OC(C)C)cc1Oc1ncc(C(F)(F)F)cc1Cl)C(=O)NS(=O)(=O)NCCOC(C)C. The topological polar surface area (TPSA) is 116 Å². The number of carbonyl (C=O) groups is 1. The van der Waals surface area contributed by atoms with Gasteiger partial charge in [0.25, 0.3) is 5.91 Å². The van der Waals surface area contributed by atoms with Gasteiger partial charge in [0.15, 0.2) is 0 Å². The number of rotatable bonds is 12. The first-order valence-corrected chi connectivity index (χ1v) is 13.3. The van der Waals surface area contributed by atoms with Crippen LogP contribution in [-0.2, 0) is 25.9 Å². The van der Waals surface area contributed by atoms with Crippen LogP contribution in [0.25, 0.3) is 6.08 Å². The fourth-order valence-corrected chi connectivity index (χ4v) is 3.87. The summed E-state index contributed by atoms with van der Waals surface area (Å²) in [5.41, 5.74) is -0.783. The number of nitrogens with zero attached hydrogens (tertiary/aromatic N) is 1. The second-order valence-electron chi connectivity index (χ2n) is 8.55. The van der Waals surface area contributed by atoms with Crippen molar-refractivity contribution in [1.29, 1.82) is 0 Å². The van der Waals surface area contributed by atoms with Gasteiger partial charge in [-0.15, -0.1) is 0 Å². The van der Waals surface area contributed by atoms with E-state index in [1.807, 2.05) is 4.72 Å². The van der Waals surface area contributed by atoms with Gasteiger partial charge in [-0.3, -0.25) is 4.79 Å². The number of carbonyl (C=O) groups excluding carboxylic acids is 1. The van der Waals surface area contributed by atoms with E-state index in [1.54, 1.807) is 33.8 Å². The lowest BCUT2D eigenvalue weighted by Gasteiger charge is -2.15. The highest BCUT2D eigenvalue weighted by atomic mass is 35.5. The summed E-state index contributed by atoms with van der Waals surface area (Å²) < 4.78 is 83.9. The van der Waals surface area contributed by atoms with Crippen molar-refractivity contribution in [3.05, 3.63) is 52.2 Å². The lowest BCUT2D eigenvalue weighted by Crippen LogP contribution is -2.41. The Bertz CT molecular complexity index is 1270. The van der Waals surface area contributed by atoms with Crippen molar-refractivity contribution < 1.29 is 40.6 Å². The molecule has 0 aliphatic carbocycles. The predicted octanol–water partition coefficient (Wildman–Crippen LogP) is 5.11. The Kier molecular flexibility index (Phi) is 10.9. The second kappa shape index (κ2) is 13.3. The fraction of sp³-hybridized carbons (Fsp3) is 0.417. The average molecular weight is 580 g/mol. The number of amides is 1. The molecule has 14 heteroatoms. The minimum absolute atomic E-state index is 0.0114. The van der Waals surface area contributed by atoms with Crippen LogP contribution in [0, 0.1) is 0 Å². The van der Waals surface area contributed by atoms with Gasteiger partial charge in [-0.25, -0.2) is 9.71 Å². The maximum absolute atomic E-state index is 13.0. The summed E-state index contributed by atoms with van der Waals surface area (Å²) in [6.45, 7) is 8.63. The van der Waals surface area contributed by atoms with Gasteiger partial charge >= 0.3 is 16.4 Å². The van der Waals surface area contributed by atoms with Crippen molar-refractivity contribution in [3.8, 4) is 17.4 Å². The molecule has 0 aliphatic heterocycles. The van der Waals surface area contributed by atoms with Crippen LogP contribution in [0.5, 0.6) is 17.4 Å². The van der Waals surface area contributed by atoms with Crippen molar-refractivity contribution in [1.82, 2.24) is 14.4 Å². The largest absolute Gasteiger partial charge is 0.491 e. The number of hydrogen-bond donors (Lipinski definition) is 2. The van der Waals surface area contributed by atoms with Gasteiger partial charge in [0.1, 0.15) is 16.5 Å². The van der Waals surface area contributed by atoms with Gasteiger partial charge in [0.2, 0.25) is 5.88 Å². The van der Waals surface area contributed by atoms with Crippen molar-refractivity contribution in [2.24, 2.45) is 0 Å². The zero-order valence-corrected chi connectivity index (χ0v) is 22.9. The molecule has 0 saturated carbocycles. The maximum Gasteiger partial charge on any atom is 0.417 e. The third-order valence-corrected chi connectivity index (χ3v) is 5.81. The van der Waals surface area contributed by atoms with Gasteiger partial charge in [0.05, 0.1) is 24.4 Å². The van der Waals surface area contributed by atoms with E-state index in [-0.39, 0.29) is 48.1 Å². The van der Waals surface area contributed by atoms with Crippen molar-refractivity contribution in [2.75, 3.05) is 13.2 Å². The summed E-state index contributed by atoms with van der Waals surface area (Å²) in [4.78, 5) is 16.2. The van der Waals surface area contributed by atoms with E-state index < -0.39 is 32.9 Å². The number of nitrogens with one attached hydrogen (secondary N) is 2. The molecule has 9 nitrogen and oxygen atoms in total. The van der Waals surface area contributed by atoms with Crippen LogP contribution >= 0.6 is 11.6 Å². The van der Waals surface area contributed by atoms with Crippen molar-refractivity contribution >= 4 is 33.8 Å². The molecule has 1 aromatic carbocycles. The molecule has 210 valence electrons. The highest BCUT2D eigenvalue weighted by molar-refractivity contribution is 7.88. The molecule has 1 aromatic heterocycles. The Morgan fingerprint density at radius 2 is 1.84 bits per heavy atom. The summed E-state index contributed by atoms with van der Waals surface area (Å²) in [5.74, 6) is -0.807. The number of alkyl halides is 3. The van der Waals surface area contributed by atoms with E-state index in [2.05, 4.69) is 9.71 Å². The predicted molar refractivity (Wildman–Crippen MR) is 136 cm³/mol. The maximum atomic E-state index is 13.0. The van der Waals surface area contributed by atoms with Crippen LogP contribution in [-0.4, -0.2) is 44.7 Å². The zero-order valence-electron chi connectivity index (χ0n) is 21.3. The summed E-state index contributed by atoms with van der Waals surface area (Å²) >= 11 is 5.98. The normalized spacial score (nSPS) is 12.7. The van der Waals surface area contributed by atoms with Crippen LogP contribution in [0.4, 0.5) is 13.2 Å². The molecule has 0 radical (unpaired) electrons. The molecule has 0 spiro atoms. The smallest absolute Gasteiger partial charge is 0.417 e. The molecule has 1 heterocycles. The Labute approximate surface area is 224 Å². The highest BCUT2D eigenvalue weighted by Gasteiger charge is 2.32. The summed E-state index contributed by atoms with van der Waals surface area (Å²) in [7, 11) is -4.16. The van der Waals surface area contributed by atoms with Crippen molar-refractivity contribution in [2.45, 2.75) is 53.0 Å². The van der Waals surface area contributed by atoms with Gasteiger partial charge in [0, 0.05) is 29.9 Å². The fourth-order valence-electron chi connectivity index (χ4n) is 2.84. The summed E-state index contributed by atoms with van der Waals surface area (Å²) in [6, 6.07) is 5.23. The third kappa shape index (κ3) is 10.1. The molecule has 2 N–H and O–H groups in total. The Morgan fingerprint density at radius 1 is 1.16 bits per heavy atom. The van der Waals surface area contributed by atoms with Crippen LogP contribution in [0.1, 0.15) is 45.7 Å². The molecule has 1 amide bonds. The lowest BCUT2D eigenvalue weighted by molar-refractivity contribution is -0.137. The first-order valence-electron chi connectivity index (χ1n) is 11.4. The average Bonchev–Trinajstić information content (AvgIpc) is 2.78. The standard InChI is InChI=1S/C24H29ClF3N3O6S/c1-14(2)35-9-8-30-38(33,34)31-22(32)16(5)10-17-6-7-19(36-15(3)4)12-21(17)37-23-20(25)11-18(13-29-23)24(26,27)28/h6-7,10-15,30H,8-9H2,1-5H3,(H,31,32)/b16-10+. The molecule has 0 unspecified atom stereocenters. The first kappa shape index (κ1) is 31.3. The van der Waals surface area contributed by atoms with Gasteiger partial charge in [-0.1, -0.05) is 11.6 Å². The van der Waals surface area contributed by atoms with E-state index in [0.717, 1.165) is 0 Å². The Morgan fingerprint density at radius 3 is 2.42 bits per heavy atom. The van der Waals surface area contributed by atoms with Gasteiger partial charge < -0.3 is 14.2 Å². The minimum Gasteiger partial charge on any atom is -0.491 e. The number of benzene rings is 1. The Hall–Kier alpha value is -2.87. The minimum atomic E-state index is -4.64. The van der Waals surface area contributed by atoms with Crippen LogP contribution in [0.2, 0.25) is 5.02 Å². The molecule has 0 fully saturated rings. The monoisotopic (exact) mass is 579 g/mol. The van der Waals surface area contributed by atoms with Crippen LogP contribution < -0.4 is 18.9 Å². The molecule has 0 atom stereocenters. The molecule has 2 aromatic rings. The number of aromatic nitrogens is 1. The van der Waals surface area contributed by atoms with Crippen LogP contribution in [0.3, 0.4) is 0 Å². The zero-order chi connectivity index (χ0) is 28.7. The van der Waals surface area contributed by atoms with Crippen molar-refractivity contribution in [3.63, 3.8) is 0 Å². The number of hydrogen-bond acceptors (Lipinski definition) is 7. The number of pyridine rings is 1. The van der Waals surface area contributed by atoms with E-state index in [1.165, 1.54) is 25.1 Å². The lowest BCUT2D eigenvalue weighted by atomic mass is 10.1. The van der Waals surface area contributed by atoms with E-state index in [4.69, 9.17) is 25.8 Å². The number of halogens is 4. The van der Waals surface area contributed by atoms with Gasteiger partial charge in [-0.2, -0.15) is 26.3 Å². The molecule has 0 aliphatic rings.